The van der Waals surface area contributed by atoms with Gasteiger partial charge in [0.05, 0.1) is 17.1 Å². The Morgan fingerprint density at radius 3 is 1.90 bits per heavy atom. The number of benzene rings is 3. The molecule has 0 amide bonds. The van der Waals surface area contributed by atoms with Crippen molar-refractivity contribution >= 4 is 17.5 Å². The zero-order valence-electron chi connectivity index (χ0n) is 17.0. The number of nitrogens with zero attached hydrogens (tertiary/aromatic N) is 2. The van der Waals surface area contributed by atoms with Crippen LogP contribution in [0.3, 0.4) is 0 Å². The normalized spacial score (nSPS) is 10.7. The molecular weight excluding hydrogens is 388 g/mol. The van der Waals surface area contributed by atoms with E-state index in [1.54, 1.807) is 0 Å². The Labute approximate surface area is 181 Å². The minimum atomic E-state index is 0.0937. The second-order valence-corrected chi connectivity index (χ2v) is 8.13. The summed E-state index contributed by atoms with van der Waals surface area (Å²) in [6.45, 7) is 3.97. The van der Waals surface area contributed by atoms with Crippen molar-refractivity contribution in [2.75, 3.05) is 5.75 Å². The molecule has 1 aromatic heterocycles. The van der Waals surface area contributed by atoms with Gasteiger partial charge in [-0.05, 0) is 31.5 Å². The van der Waals surface area contributed by atoms with E-state index in [0.29, 0.717) is 10.9 Å². The van der Waals surface area contributed by atoms with E-state index in [2.05, 4.69) is 0 Å². The van der Waals surface area contributed by atoms with Crippen LogP contribution in [0.5, 0.6) is 0 Å². The molecule has 4 aromatic rings. The maximum atomic E-state index is 12.8. The average Bonchev–Trinajstić information content (AvgIpc) is 2.80. The number of carbonyl (C=O) groups is 1. The monoisotopic (exact) mass is 410 g/mol. The lowest BCUT2D eigenvalue weighted by molar-refractivity contribution is 0.102. The van der Waals surface area contributed by atoms with E-state index in [-0.39, 0.29) is 5.78 Å². The van der Waals surface area contributed by atoms with Crippen LogP contribution in [0.15, 0.2) is 90.1 Å². The van der Waals surface area contributed by atoms with Gasteiger partial charge in [-0.2, -0.15) is 0 Å². The van der Waals surface area contributed by atoms with Crippen molar-refractivity contribution in [3.63, 3.8) is 0 Å². The van der Waals surface area contributed by atoms with Gasteiger partial charge in [0, 0.05) is 16.7 Å². The van der Waals surface area contributed by atoms with Gasteiger partial charge in [-0.3, -0.25) is 4.79 Å². The summed E-state index contributed by atoms with van der Waals surface area (Å²) in [6.07, 6.45) is 0. The van der Waals surface area contributed by atoms with Gasteiger partial charge in [0.25, 0.3) is 0 Å². The lowest BCUT2D eigenvalue weighted by atomic mass is 10.0. The van der Waals surface area contributed by atoms with Gasteiger partial charge in [-0.15, -0.1) is 0 Å². The van der Waals surface area contributed by atoms with Gasteiger partial charge in [0.1, 0.15) is 0 Å². The molecule has 4 rings (SSSR count). The van der Waals surface area contributed by atoms with Crippen LogP contribution in [-0.4, -0.2) is 21.5 Å². The van der Waals surface area contributed by atoms with Gasteiger partial charge >= 0.3 is 0 Å². The van der Waals surface area contributed by atoms with Gasteiger partial charge in [0.2, 0.25) is 0 Å². The molecule has 0 N–H and O–H groups in total. The van der Waals surface area contributed by atoms with E-state index in [4.69, 9.17) is 9.97 Å². The topological polar surface area (TPSA) is 42.9 Å². The zero-order chi connectivity index (χ0) is 20.9. The van der Waals surface area contributed by atoms with E-state index in [0.717, 1.165) is 39.2 Å². The van der Waals surface area contributed by atoms with Crippen LogP contribution < -0.4 is 0 Å². The summed E-state index contributed by atoms with van der Waals surface area (Å²) in [5.74, 6) is 0.396. The number of ketones is 1. The van der Waals surface area contributed by atoms with Crippen LogP contribution in [-0.2, 0) is 0 Å². The molecule has 0 aliphatic carbocycles. The van der Waals surface area contributed by atoms with Crippen molar-refractivity contribution in [2.24, 2.45) is 0 Å². The minimum Gasteiger partial charge on any atom is -0.293 e. The van der Waals surface area contributed by atoms with Crippen molar-refractivity contribution in [3.8, 4) is 22.5 Å². The fourth-order valence-electron chi connectivity index (χ4n) is 3.25. The Balaban J connectivity index is 1.65. The van der Waals surface area contributed by atoms with Crippen LogP contribution in [0.25, 0.3) is 22.5 Å². The Bertz CT molecular complexity index is 1120. The third-order valence-electron chi connectivity index (χ3n) is 4.87. The largest absolute Gasteiger partial charge is 0.293 e. The molecule has 0 saturated heterocycles. The standard InChI is InChI=1S/C26H22N2OS/c1-18-13-14-19(2)22(15-18)25(29)17-30-26-27-23(20-9-5-3-6-10-20)16-24(28-26)21-11-7-4-8-12-21/h3-16H,17H2,1-2H3. The molecule has 0 fully saturated rings. The van der Waals surface area contributed by atoms with Crippen molar-refractivity contribution < 1.29 is 4.79 Å². The van der Waals surface area contributed by atoms with Crippen molar-refractivity contribution in [1.29, 1.82) is 0 Å². The van der Waals surface area contributed by atoms with Crippen molar-refractivity contribution in [3.05, 3.63) is 102 Å². The molecule has 0 saturated carbocycles. The number of thioether (sulfide) groups is 1. The van der Waals surface area contributed by atoms with Gasteiger partial charge in [0.15, 0.2) is 10.9 Å². The van der Waals surface area contributed by atoms with Crippen LogP contribution in [0.4, 0.5) is 0 Å². The van der Waals surface area contributed by atoms with Gasteiger partial charge in [-0.25, -0.2) is 9.97 Å². The molecule has 148 valence electrons. The van der Waals surface area contributed by atoms with Crippen LogP contribution in [0.2, 0.25) is 0 Å². The summed E-state index contributed by atoms with van der Waals surface area (Å²) in [5.41, 5.74) is 6.61. The number of aryl methyl sites for hydroxylation is 2. The van der Waals surface area contributed by atoms with E-state index in [9.17, 15) is 4.79 Å². The summed E-state index contributed by atoms with van der Waals surface area (Å²) >= 11 is 1.38. The first kappa shape index (κ1) is 20.0. The van der Waals surface area contributed by atoms with E-state index in [1.807, 2.05) is 98.8 Å². The Morgan fingerprint density at radius 1 is 0.767 bits per heavy atom. The maximum Gasteiger partial charge on any atom is 0.189 e. The third-order valence-corrected chi connectivity index (χ3v) is 5.72. The molecular formula is C26H22N2OS. The molecule has 1 heterocycles. The number of rotatable bonds is 6. The van der Waals surface area contributed by atoms with E-state index < -0.39 is 0 Å². The van der Waals surface area contributed by atoms with Crippen molar-refractivity contribution in [2.45, 2.75) is 19.0 Å². The molecule has 0 unspecified atom stereocenters. The Morgan fingerprint density at radius 2 is 1.33 bits per heavy atom. The fourth-order valence-corrected chi connectivity index (χ4v) is 3.99. The predicted molar refractivity (Wildman–Crippen MR) is 124 cm³/mol. The van der Waals surface area contributed by atoms with Crippen LogP contribution in [0.1, 0.15) is 21.5 Å². The van der Waals surface area contributed by atoms with Crippen LogP contribution >= 0.6 is 11.8 Å². The predicted octanol–water partition coefficient (Wildman–Crippen LogP) is 6.40. The highest BCUT2D eigenvalue weighted by molar-refractivity contribution is 7.99. The fraction of sp³-hybridized carbons (Fsp3) is 0.115. The molecule has 0 aliphatic heterocycles. The highest BCUT2D eigenvalue weighted by atomic mass is 32.2. The number of carbonyl (C=O) groups excluding carboxylic acids is 1. The number of aromatic nitrogens is 2. The number of Topliss-reactive ketones (excluding diaryl/α,β-unsaturated/α-hetero) is 1. The first-order chi connectivity index (χ1) is 14.6. The molecule has 0 bridgehead atoms. The first-order valence-electron chi connectivity index (χ1n) is 9.83. The average molecular weight is 411 g/mol. The zero-order valence-corrected chi connectivity index (χ0v) is 17.8. The van der Waals surface area contributed by atoms with Crippen molar-refractivity contribution in [1.82, 2.24) is 9.97 Å². The molecule has 0 atom stereocenters. The highest BCUT2D eigenvalue weighted by Crippen LogP contribution is 2.27. The molecule has 4 heteroatoms. The minimum absolute atomic E-state index is 0.0937. The van der Waals surface area contributed by atoms with E-state index in [1.165, 1.54) is 11.8 Å². The summed E-state index contributed by atoms with van der Waals surface area (Å²) in [5, 5.41) is 0.605. The quantitative estimate of drug-likeness (QED) is 0.209. The first-order valence-corrected chi connectivity index (χ1v) is 10.8. The van der Waals surface area contributed by atoms with Gasteiger partial charge in [-0.1, -0.05) is 90.1 Å². The summed E-state index contributed by atoms with van der Waals surface area (Å²) in [7, 11) is 0. The smallest absolute Gasteiger partial charge is 0.189 e. The highest BCUT2D eigenvalue weighted by Gasteiger charge is 2.13. The van der Waals surface area contributed by atoms with E-state index >= 15 is 0 Å². The third kappa shape index (κ3) is 4.66. The summed E-state index contributed by atoms with van der Waals surface area (Å²) in [4.78, 5) is 22.3. The molecule has 3 nitrogen and oxygen atoms in total. The molecule has 0 radical (unpaired) electrons. The number of hydrogen-bond acceptors (Lipinski definition) is 4. The molecule has 30 heavy (non-hydrogen) atoms. The summed E-state index contributed by atoms with van der Waals surface area (Å²) < 4.78 is 0. The Hall–Kier alpha value is -3.24. The maximum absolute atomic E-state index is 12.8. The molecule has 0 spiro atoms. The summed E-state index contributed by atoms with van der Waals surface area (Å²) in [6, 6.07) is 28.1. The SMILES string of the molecule is Cc1ccc(C)c(C(=O)CSc2nc(-c3ccccc3)cc(-c3ccccc3)n2)c1. The van der Waals surface area contributed by atoms with Gasteiger partial charge < -0.3 is 0 Å². The molecule has 0 aliphatic rings. The molecule has 3 aromatic carbocycles. The lowest BCUT2D eigenvalue weighted by Crippen LogP contribution is -2.06. The lowest BCUT2D eigenvalue weighted by Gasteiger charge is -2.09. The second kappa shape index (κ2) is 9.06. The second-order valence-electron chi connectivity index (χ2n) is 7.18. The number of hydrogen-bond donors (Lipinski definition) is 0. The van der Waals surface area contributed by atoms with Crippen LogP contribution in [0, 0.1) is 13.8 Å². The Kier molecular flexibility index (Phi) is 6.05.